The maximum Gasteiger partial charge on any atom is 0.246 e. The predicted octanol–water partition coefficient (Wildman–Crippen LogP) is 3.56. The van der Waals surface area contributed by atoms with Crippen molar-refractivity contribution in [2.45, 2.75) is 6.54 Å². The third kappa shape index (κ3) is 3.75. The number of nitrogens with zero attached hydrogens (tertiary/aromatic N) is 3. The van der Waals surface area contributed by atoms with Gasteiger partial charge in [0.1, 0.15) is 11.6 Å². The smallest absolute Gasteiger partial charge is 0.246 e. The van der Waals surface area contributed by atoms with Crippen molar-refractivity contribution in [3.05, 3.63) is 59.7 Å². The van der Waals surface area contributed by atoms with Crippen molar-refractivity contribution in [3.63, 3.8) is 0 Å². The maximum absolute atomic E-state index is 13.6. The van der Waals surface area contributed by atoms with Crippen LogP contribution in [0, 0.1) is 11.6 Å². The molecule has 0 amide bonds. The van der Waals surface area contributed by atoms with Crippen molar-refractivity contribution < 1.29 is 8.78 Å². The van der Waals surface area contributed by atoms with Crippen LogP contribution in [0.1, 0.15) is 5.56 Å². The predicted molar refractivity (Wildman–Crippen MR) is 88.9 cm³/mol. The number of hydrogen-bond acceptors (Lipinski definition) is 4. The molecule has 7 heteroatoms. The molecule has 1 aromatic heterocycles. The van der Waals surface area contributed by atoms with Gasteiger partial charge in [-0.25, -0.2) is 8.78 Å². The van der Waals surface area contributed by atoms with Crippen LogP contribution in [0.15, 0.2) is 42.5 Å². The van der Waals surface area contributed by atoms with E-state index in [1.807, 2.05) is 38.4 Å². The van der Waals surface area contributed by atoms with Crippen LogP contribution in [-0.4, -0.2) is 34.2 Å². The van der Waals surface area contributed by atoms with Crippen LogP contribution in [-0.2, 0) is 6.54 Å². The molecule has 0 saturated heterocycles. The molecule has 0 spiro atoms. The highest BCUT2D eigenvalue weighted by molar-refractivity contribution is 5.59. The largest absolute Gasteiger partial charge is 0.320 e. The van der Waals surface area contributed by atoms with Crippen LogP contribution in [0.25, 0.3) is 11.4 Å². The fourth-order valence-corrected chi connectivity index (χ4v) is 2.29. The number of rotatable bonds is 5. The first-order chi connectivity index (χ1) is 11.5. The molecule has 0 atom stereocenters. The van der Waals surface area contributed by atoms with Crippen LogP contribution in [0.5, 0.6) is 0 Å². The van der Waals surface area contributed by atoms with Gasteiger partial charge in [-0.1, -0.05) is 24.3 Å². The van der Waals surface area contributed by atoms with E-state index >= 15 is 0 Å². The lowest BCUT2D eigenvalue weighted by atomic mass is 10.1. The van der Waals surface area contributed by atoms with Crippen LogP contribution < -0.4 is 5.32 Å². The molecule has 2 N–H and O–H groups in total. The number of anilines is 2. The van der Waals surface area contributed by atoms with Gasteiger partial charge in [-0.3, -0.25) is 5.10 Å². The highest BCUT2D eigenvalue weighted by Gasteiger charge is 2.09. The molecule has 0 saturated carbocycles. The normalized spacial score (nSPS) is 11.0. The standard InChI is InChI=1S/C17H17F2N5/c1-24(2)10-11-3-5-12(6-4-11)16-21-17(23-22-16)20-15-9-13(18)7-8-14(15)19/h3-9H,10H2,1-2H3,(H2,20,21,22,23). The third-order valence-electron chi connectivity index (χ3n) is 3.39. The van der Waals surface area contributed by atoms with E-state index in [0.717, 1.165) is 30.3 Å². The summed E-state index contributed by atoms with van der Waals surface area (Å²) in [6.45, 7) is 0.850. The molecule has 124 valence electrons. The Labute approximate surface area is 138 Å². The number of benzene rings is 2. The lowest BCUT2D eigenvalue weighted by Crippen LogP contribution is -2.10. The zero-order chi connectivity index (χ0) is 17.1. The zero-order valence-corrected chi connectivity index (χ0v) is 13.3. The molecule has 0 aliphatic heterocycles. The number of nitrogens with one attached hydrogen (secondary N) is 2. The number of hydrogen-bond donors (Lipinski definition) is 2. The van der Waals surface area contributed by atoms with E-state index in [0.29, 0.717) is 5.82 Å². The summed E-state index contributed by atoms with van der Waals surface area (Å²) in [6, 6.07) is 11.1. The Balaban J connectivity index is 1.76. The molecule has 3 rings (SSSR count). The molecular formula is C17H17F2N5. The summed E-state index contributed by atoms with van der Waals surface area (Å²) < 4.78 is 26.8. The SMILES string of the molecule is CN(C)Cc1ccc(-c2nc(Nc3cc(F)ccc3F)n[nH]2)cc1. The van der Waals surface area contributed by atoms with Crippen LogP contribution in [0.4, 0.5) is 20.4 Å². The molecule has 0 aliphatic rings. The topological polar surface area (TPSA) is 56.8 Å². The average Bonchev–Trinajstić information content (AvgIpc) is 3.00. The van der Waals surface area contributed by atoms with E-state index in [-0.39, 0.29) is 11.6 Å². The average molecular weight is 329 g/mol. The van der Waals surface area contributed by atoms with E-state index in [9.17, 15) is 8.78 Å². The first-order valence-electron chi connectivity index (χ1n) is 7.40. The van der Waals surface area contributed by atoms with Crippen molar-refractivity contribution in [1.29, 1.82) is 0 Å². The van der Waals surface area contributed by atoms with Gasteiger partial charge in [0, 0.05) is 18.2 Å². The summed E-state index contributed by atoms with van der Waals surface area (Å²) in [5.74, 6) is -0.389. The molecule has 24 heavy (non-hydrogen) atoms. The molecule has 5 nitrogen and oxygen atoms in total. The molecule has 3 aromatic rings. The summed E-state index contributed by atoms with van der Waals surface area (Å²) in [5, 5.41) is 9.44. The molecule has 0 fully saturated rings. The molecule has 0 bridgehead atoms. The number of H-pyrrole nitrogens is 1. The Bertz CT molecular complexity index is 827. The quantitative estimate of drug-likeness (QED) is 0.751. The van der Waals surface area contributed by atoms with E-state index in [1.165, 1.54) is 5.56 Å². The minimum atomic E-state index is -0.573. The maximum atomic E-state index is 13.6. The van der Waals surface area contributed by atoms with Gasteiger partial charge in [0.15, 0.2) is 5.82 Å². The van der Waals surface area contributed by atoms with Crippen LogP contribution >= 0.6 is 0 Å². The van der Waals surface area contributed by atoms with Crippen molar-refractivity contribution in [2.75, 3.05) is 19.4 Å². The van der Waals surface area contributed by atoms with Gasteiger partial charge in [0.2, 0.25) is 5.95 Å². The second-order valence-corrected chi connectivity index (χ2v) is 5.69. The molecule has 1 heterocycles. The van der Waals surface area contributed by atoms with Gasteiger partial charge < -0.3 is 10.2 Å². The highest BCUT2D eigenvalue weighted by Crippen LogP contribution is 2.21. The summed E-state index contributed by atoms with van der Waals surface area (Å²) in [4.78, 5) is 6.34. The summed E-state index contributed by atoms with van der Waals surface area (Å²) in [5.41, 5.74) is 2.03. The minimum Gasteiger partial charge on any atom is -0.320 e. The van der Waals surface area contributed by atoms with E-state index in [2.05, 4.69) is 25.4 Å². The van der Waals surface area contributed by atoms with Gasteiger partial charge in [-0.2, -0.15) is 4.98 Å². The molecule has 0 aliphatic carbocycles. The Hall–Kier alpha value is -2.80. The fourth-order valence-electron chi connectivity index (χ4n) is 2.29. The lowest BCUT2D eigenvalue weighted by Gasteiger charge is -2.09. The van der Waals surface area contributed by atoms with Gasteiger partial charge in [0.05, 0.1) is 5.69 Å². The fraction of sp³-hybridized carbons (Fsp3) is 0.176. The Kier molecular flexibility index (Phi) is 4.52. The van der Waals surface area contributed by atoms with Gasteiger partial charge in [-0.05, 0) is 31.8 Å². The van der Waals surface area contributed by atoms with Crippen LogP contribution in [0.2, 0.25) is 0 Å². The number of halogens is 2. The van der Waals surface area contributed by atoms with E-state index < -0.39 is 11.6 Å². The monoisotopic (exact) mass is 329 g/mol. The second kappa shape index (κ2) is 6.76. The Morgan fingerprint density at radius 1 is 1.08 bits per heavy atom. The van der Waals surface area contributed by atoms with Gasteiger partial charge in [-0.15, -0.1) is 5.10 Å². The first kappa shape index (κ1) is 16.1. The second-order valence-electron chi connectivity index (χ2n) is 5.69. The number of aromatic amines is 1. The van der Waals surface area contributed by atoms with E-state index in [4.69, 9.17) is 0 Å². The Morgan fingerprint density at radius 2 is 1.83 bits per heavy atom. The van der Waals surface area contributed by atoms with Gasteiger partial charge >= 0.3 is 0 Å². The zero-order valence-electron chi connectivity index (χ0n) is 13.3. The summed E-state index contributed by atoms with van der Waals surface area (Å²) >= 11 is 0. The highest BCUT2D eigenvalue weighted by atomic mass is 19.1. The minimum absolute atomic E-state index is 0.0121. The molecular weight excluding hydrogens is 312 g/mol. The van der Waals surface area contributed by atoms with E-state index in [1.54, 1.807) is 0 Å². The van der Waals surface area contributed by atoms with Crippen molar-refractivity contribution in [3.8, 4) is 11.4 Å². The summed E-state index contributed by atoms with van der Waals surface area (Å²) in [6.07, 6.45) is 0. The van der Waals surface area contributed by atoms with Crippen molar-refractivity contribution in [2.24, 2.45) is 0 Å². The third-order valence-corrected chi connectivity index (χ3v) is 3.39. The molecule has 0 unspecified atom stereocenters. The van der Waals surface area contributed by atoms with Crippen molar-refractivity contribution in [1.82, 2.24) is 20.1 Å². The first-order valence-corrected chi connectivity index (χ1v) is 7.40. The van der Waals surface area contributed by atoms with Gasteiger partial charge in [0.25, 0.3) is 0 Å². The summed E-state index contributed by atoms with van der Waals surface area (Å²) in [7, 11) is 4.02. The van der Waals surface area contributed by atoms with Crippen LogP contribution in [0.3, 0.4) is 0 Å². The van der Waals surface area contributed by atoms with Crippen molar-refractivity contribution >= 4 is 11.6 Å². The number of aromatic nitrogens is 3. The molecule has 2 aromatic carbocycles. The Morgan fingerprint density at radius 3 is 2.54 bits per heavy atom. The molecule has 0 radical (unpaired) electrons. The lowest BCUT2D eigenvalue weighted by molar-refractivity contribution is 0.402.